The van der Waals surface area contributed by atoms with E-state index in [-0.39, 0.29) is 11.8 Å². The van der Waals surface area contributed by atoms with E-state index in [1.165, 1.54) is 0 Å². The van der Waals surface area contributed by atoms with Crippen molar-refractivity contribution < 1.29 is 23.9 Å². The average molecular weight is 441 g/mol. The summed E-state index contributed by atoms with van der Waals surface area (Å²) in [5, 5.41) is 2.86. The molecule has 1 spiro atoms. The monoisotopic (exact) mass is 440 g/mol. The van der Waals surface area contributed by atoms with E-state index in [0.29, 0.717) is 13.0 Å². The highest BCUT2D eigenvalue weighted by Gasteiger charge is 2.67. The summed E-state index contributed by atoms with van der Waals surface area (Å²) < 4.78 is 11.8. The summed E-state index contributed by atoms with van der Waals surface area (Å²) in [7, 11) is 0. The summed E-state index contributed by atoms with van der Waals surface area (Å²) >= 11 is 0. The topological polar surface area (TPSA) is 84.9 Å². The van der Waals surface area contributed by atoms with Crippen LogP contribution in [0.3, 0.4) is 0 Å². The second-order valence-corrected chi connectivity index (χ2v) is 10.2. The molecular formula is C25H32N2O5. The van der Waals surface area contributed by atoms with E-state index in [4.69, 9.17) is 9.47 Å². The molecule has 3 aliphatic heterocycles. The molecule has 1 aromatic carbocycles. The number of carbonyl (C=O) groups is 3. The quantitative estimate of drug-likeness (QED) is 0.562. The van der Waals surface area contributed by atoms with Crippen molar-refractivity contribution in [3.63, 3.8) is 0 Å². The number of carbonyl (C=O) groups excluding carboxylic acids is 3. The Morgan fingerprint density at radius 2 is 2.03 bits per heavy atom. The number of benzene rings is 1. The SMILES string of the molecule is CC[C@H](OC(=O)[C@H]1[C@H]2C(=O)N(c3ccc(C)cc3C)C[C@@]23C=C[C@H]1O3)C(=O)NC(C)(C)C. The van der Waals surface area contributed by atoms with Crippen molar-refractivity contribution in [2.45, 2.75) is 71.3 Å². The van der Waals surface area contributed by atoms with Crippen molar-refractivity contribution in [1.29, 1.82) is 0 Å². The lowest BCUT2D eigenvalue weighted by Gasteiger charge is -2.27. The van der Waals surface area contributed by atoms with Crippen LogP contribution in [-0.4, -0.2) is 47.7 Å². The molecule has 3 aliphatic rings. The van der Waals surface area contributed by atoms with Crippen molar-refractivity contribution in [2.24, 2.45) is 11.8 Å². The fourth-order valence-corrected chi connectivity index (χ4v) is 5.07. The van der Waals surface area contributed by atoms with Gasteiger partial charge in [-0.1, -0.05) is 36.8 Å². The fraction of sp³-hybridized carbons (Fsp3) is 0.560. The zero-order chi connectivity index (χ0) is 23.4. The van der Waals surface area contributed by atoms with Crippen LogP contribution in [0.15, 0.2) is 30.4 Å². The highest BCUT2D eigenvalue weighted by molar-refractivity contribution is 6.03. The molecule has 0 aliphatic carbocycles. The molecule has 0 saturated carbocycles. The van der Waals surface area contributed by atoms with Gasteiger partial charge in [-0.05, 0) is 52.7 Å². The molecule has 7 heteroatoms. The summed E-state index contributed by atoms with van der Waals surface area (Å²) in [6.07, 6.45) is 2.68. The summed E-state index contributed by atoms with van der Waals surface area (Å²) in [6, 6.07) is 5.95. The number of amides is 2. The number of nitrogens with one attached hydrogen (secondary N) is 1. The number of hydrogen-bond donors (Lipinski definition) is 1. The average Bonchev–Trinajstić information content (AvgIpc) is 3.33. The van der Waals surface area contributed by atoms with Crippen LogP contribution in [0, 0.1) is 25.7 Å². The van der Waals surface area contributed by atoms with Gasteiger partial charge in [-0.25, -0.2) is 0 Å². The number of esters is 1. The molecule has 1 aromatic rings. The van der Waals surface area contributed by atoms with Crippen molar-refractivity contribution in [1.82, 2.24) is 5.32 Å². The van der Waals surface area contributed by atoms with Gasteiger partial charge in [-0.15, -0.1) is 0 Å². The molecule has 2 bridgehead atoms. The van der Waals surface area contributed by atoms with Gasteiger partial charge in [-0.2, -0.15) is 0 Å². The minimum Gasteiger partial charge on any atom is -0.452 e. The highest BCUT2D eigenvalue weighted by atomic mass is 16.6. The Hall–Kier alpha value is -2.67. The number of rotatable bonds is 5. The van der Waals surface area contributed by atoms with Gasteiger partial charge in [0.15, 0.2) is 6.10 Å². The zero-order valence-electron chi connectivity index (χ0n) is 19.6. The third-order valence-corrected chi connectivity index (χ3v) is 6.44. The van der Waals surface area contributed by atoms with Gasteiger partial charge in [0, 0.05) is 11.2 Å². The number of ether oxygens (including phenoxy) is 2. The Morgan fingerprint density at radius 1 is 1.31 bits per heavy atom. The van der Waals surface area contributed by atoms with E-state index in [1.54, 1.807) is 11.8 Å². The smallest absolute Gasteiger partial charge is 0.313 e. The molecule has 0 unspecified atom stereocenters. The lowest BCUT2D eigenvalue weighted by atomic mass is 9.77. The summed E-state index contributed by atoms with van der Waals surface area (Å²) in [5.74, 6) is -2.46. The van der Waals surface area contributed by atoms with Gasteiger partial charge in [0.1, 0.15) is 11.5 Å². The predicted molar refractivity (Wildman–Crippen MR) is 120 cm³/mol. The fourth-order valence-electron chi connectivity index (χ4n) is 5.07. The maximum atomic E-state index is 13.5. The van der Waals surface area contributed by atoms with E-state index in [1.807, 2.05) is 65.0 Å². The number of hydrogen-bond acceptors (Lipinski definition) is 5. The third-order valence-electron chi connectivity index (χ3n) is 6.44. The van der Waals surface area contributed by atoms with Gasteiger partial charge in [0.2, 0.25) is 5.91 Å². The Kier molecular flexibility index (Phi) is 5.44. The van der Waals surface area contributed by atoms with Crippen LogP contribution in [0.2, 0.25) is 0 Å². The van der Waals surface area contributed by atoms with Crippen LogP contribution < -0.4 is 10.2 Å². The maximum absolute atomic E-state index is 13.5. The van der Waals surface area contributed by atoms with Crippen LogP contribution in [0.4, 0.5) is 5.69 Å². The zero-order valence-corrected chi connectivity index (χ0v) is 19.6. The van der Waals surface area contributed by atoms with E-state index in [9.17, 15) is 14.4 Å². The molecule has 2 amide bonds. The molecule has 4 rings (SSSR count). The lowest BCUT2D eigenvalue weighted by molar-refractivity contribution is -0.163. The number of anilines is 1. The predicted octanol–water partition coefficient (Wildman–Crippen LogP) is 2.83. The Balaban J connectivity index is 1.56. The van der Waals surface area contributed by atoms with Gasteiger partial charge in [0.25, 0.3) is 5.91 Å². The first-order chi connectivity index (χ1) is 15.0. The minimum absolute atomic E-state index is 0.141. The normalized spacial score (nSPS) is 29.2. The first-order valence-electron chi connectivity index (χ1n) is 11.2. The van der Waals surface area contributed by atoms with Crippen molar-refractivity contribution >= 4 is 23.5 Å². The number of nitrogens with zero attached hydrogens (tertiary/aromatic N) is 1. The minimum atomic E-state index is -0.910. The number of aryl methyl sites for hydroxylation is 2. The standard InChI is InChI=1S/C25H32N2O5/c1-7-17(21(28)26-24(4,5)6)31-23(30)19-18-10-11-25(32-18)13-27(22(29)20(19)25)16-9-8-14(2)12-15(16)3/h8-12,17-20H,7,13H2,1-6H3,(H,26,28)/t17-,18+,19+,20-,25-/m0/s1. The van der Waals surface area contributed by atoms with E-state index in [2.05, 4.69) is 5.32 Å². The third kappa shape index (κ3) is 3.72. The second-order valence-electron chi connectivity index (χ2n) is 10.2. The van der Waals surface area contributed by atoms with Crippen LogP contribution in [-0.2, 0) is 23.9 Å². The molecule has 3 heterocycles. The molecule has 1 N–H and O–H groups in total. The second kappa shape index (κ2) is 7.73. The molecular weight excluding hydrogens is 408 g/mol. The van der Waals surface area contributed by atoms with E-state index in [0.717, 1.165) is 16.8 Å². The Bertz CT molecular complexity index is 995. The molecule has 32 heavy (non-hydrogen) atoms. The molecule has 172 valence electrons. The molecule has 2 saturated heterocycles. The van der Waals surface area contributed by atoms with Crippen LogP contribution >= 0.6 is 0 Å². The summed E-state index contributed by atoms with van der Waals surface area (Å²) in [5.41, 5.74) is 1.67. The first-order valence-corrected chi connectivity index (χ1v) is 11.2. The van der Waals surface area contributed by atoms with Gasteiger partial charge < -0.3 is 19.7 Å². The van der Waals surface area contributed by atoms with Crippen LogP contribution in [0.5, 0.6) is 0 Å². The van der Waals surface area contributed by atoms with Crippen molar-refractivity contribution in [2.75, 3.05) is 11.4 Å². The first kappa shape index (κ1) is 22.5. The highest BCUT2D eigenvalue weighted by Crippen LogP contribution is 2.53. The molecule has 0 aromatic heterocycles. The molecule has 0 radical (unpaired) electrons. The summed E-state index contributed by atoms with van der Waals surface area (Å²) in [4.78, 5) is 41.1. The van der Waals surface area contributed by atoms with Crippen molar-refractivity contribution in [3.8, 4) is 0 Å². The van der Waals surface area contributed by atoms with Gasteiger partial charge >= 0.3 is 5.97 Å². The van der Waals surface area contributed by atoms with Gasteiger partial charge in [-0.3, -0.25) is 14.4 Å². The van der Waals surface area contributed by atoms with Gasteiger partial charge in [0.05, 0.1) is 18.6 Å². The van der Waals surface area contributed by atoms with Crippen molar-refractivity contribution in [3.05, 3.63) is 41.5 Å². The maximum Gasteiger partial charge on any atom is 0.313 e. The largest absolute Gasteiger partial charge is 0.452 e. The lowest BCUT2D eigenvalue weighted by Crippen LogP contribution is -2.48. The van der Waals surface area contributed by atoms with Crippen LogP contribution in [0.1, 0.15) is 45.2 Å². The van der Waals surface area contributed by atoms with E-state index < -0.39 is 41.2 Å². The summed E-state index contributed by atoms with van der Waals surface area (Å²) in [6.45, 7) is 11.8. The molecule has 5 atom stereocenters. The Morgan fingerprint density at radius 3 is 2.66 bits per heavy atom. The number of fused-ring (bicyclic) bond motifs is 1. The van der Waals surface area contributed by atoms with Crippen LogP contribution in [0.25, 0.3) is 0 Å². The molecule has 7 nitrogen and oxygen atoms in total. The van der Waals surface area contributed by atoms with E-state index >= 15 is 0 Å². The molecule has 2 fully saturated rings. The Labute approximate surface area is 189 Å².